The van der Waals surface area contributed by atoms with Gasteiger partial charge in [-0.15, -0.1) is 0 Å². The number of aliphatic hydroxyl groups is 2. The molecule has 13 heteroatoms. The van der Waals surface area contributed by atoms with Gasteiger partial charge in [0.2, 0.25) is 5.28 Å². The summed E-state index contributed by atoms with van der Waals surface area (Å²) >= 11 is 6.35. The van der Waals surface area contributed by atoms with Gasteiger partial charge in [-0.1, -0.05) is 13.8 Å². The quantitative estimate of drug-likeness (QED) is 0.271. The summed E-state index contributed by atoms with van der Waals surface area (Å²) in [7, 11) is -4.27. The van der Waals surface area contributed by atoms with Gasteiger partial charge in [-0.3, -0.25) is 9.13 Å². The van der Waals surface area contributed by atoms with Gasteiger partial charge in [0.1, 0.15) is 12.2 Å². The number of rotatable bonds is 6. The number of imidazole rings is 1. The van der Waals surface area contributed by atoms with E-state index >= 15 is 0 Å². The smallest absolute Gasteiger partial charge is 0.325 e. The fourth-order valence-electron chi connectivity index (χ4n) is 8.49. The second-order valence-corrected chi connectivity index (χ2v) is 14.5. The first kappa shape index (κ1) is 25.0. The van der Waals surface area contributed by atoms with Crippen molar-refractivity contribution < 1.29 is 29.3 Å². The molecule has 198 valence electrons. The summed E-state index contributed by atoms with van der Waals surface area (Å²) in [6.45, 7) is 4.80. The largest absolute Gasteiger partial charge is 0.388 e. The summed E-state index contributed by atoms with van der Waals surface area (Å²) in [5, 5.41) is 24.9. The number of anilines is 1. The average Bonchev–Trinajstić information content (AvgIpc) is 3.24. The lowest BCUT2D eigenvalue weighted by Crippen LogP contribution is -2.61. The highest BCUT2D eigenvalue weighted by Gasteiger charge is 2.60. The fourth-order valence-corrected chi connectivity index (χ4v) is 9.25. The number of hydrogen-bond acceptors (Lipinski definition) is 8. The molecule has 2 aromatic rings. The first-order chi connectivity index (χ1) is 16.8. The number of ether oxygens (including phenoxy) is 1. The highest BCUT2D eigenvalue weighted by molar-refractivity contribution is 7.51. The first-order valence-electron chi connectivity index (χ1n) is 12.5. The molecule has 3 heterocycles. The number of halogens is 1. The molecule has 2 aromatic heterocycles. The summed E-state index contributed by atoms with van der Waals surface area (Å²) in [6.07, 6.45) is 3.26. The van der Waals surface area contributed by atoms with Crippen LogP contribution in [0.25, 0.3) is 11.2 Å². The molecule has 8 atom stereocenters. The predicted octanol–water partition coefficient (Wildman–Crippen LogP) is 2.83. The molecular weight excluding hydrogens is 509 g/mol. The van der Waals surface area contributed by atoms with Crippen molar-refractivity contribution in [3.8, 4) is 0 Å². The summed E-state index contributed by atoms with van der Waals surface area (Å²) in [5.74, 6) is 1.23. The van der Waals surface area contributed by atoms with E-state index in [-0.39, 0.29) is 17.2 Å². The van der Waals surface area contributed by atoms with Crippen LogP contribution in [0.1, 0.15) is 65.0 Å². The monoisotopic (exact) mass is 541 g/mol. The third-order valence-corrected chi connectivity index (χ3v) is 9.73. The van der Waals surface area contributed by atoms with Gasteiger partial charge in [-0.05, 0) is 73.3 Å². The maximum atomic E-state index is 11.3. The normalized spacial score (nSPS) is 41.9. The molecule has 0 spiro atoms. The van der Waals surface area contributed by atoms with Crippen LogP contribution in [0.2, 0.25) is 5.28 Å². The van der Waals surface area contributed by atoms with E-state index in [0.717, 1.165) is 19.3 Å². The highest BCUT2D eigenvalue weighted by Crippen LogP contribution is 2.67. The Morgan fingerprint density at radius 1 is 1.14 bits per heavy atom. The zero-order valence-electron chi connectivity index (χ0n) is 20.3. The molecule has 11 nitrogen and oxygen atoms in total. The highest BCUT2D eigenvalue weighted by atomic mass is 35.5. The van der Waals surface area contributed by atoms with Crippen LogP contribution in [0.15, 0.2) is 6.33 Å². The standard InChI is InChI=1S/C23H33ClN5O6P/c1-21-5-12-6-22(2,8-21)10-23(7-12,9-21)28-17-14-18(27-20(24)26-17)29(11-25-14)19-16(31)15(30)13(35-19)3-4-36(32,33)34/h11-13,15-16,19,30-31H,3-10H2,1-2H3,(H,26,27,28)(H2,32,33,34)/t12?,13-,15?,16?,19-,21-,22+,23?/m1/s1. The summed E-state index contributed by atoms with van der Waals surface area (Å²) in [6, 6.07) is 0. The van der Waals surface area contributed by atoms with Crippen LogP contribution in [0.3, 0.4) is 0 Å². The average molecular weight is 542 g/mol. The third kappa shape index (κ3) is 4.26. The van der Waals surface area contributed by atoms with Crippen LogP contribution in [0.4, 0.5) is 5.82 Å². The Bertz CT molecular complexity index is 1240. The number of hydrogen-bond donors (Lipinski definition) is 5. The Morgan fingerprint density at radius 2 is 1.83 bits per heavy atom. The van der Waals surface area contributed by atoms with E-state index in [1.54, 1.807) is 0 Å². The van der Waals surface area contributed by atoms with Crippen molar-refractivity contribution in [1.82, 2.24) is 19.5 Å². The zero-order valence-corrected chi connectivity index (χ0v) is 22.0. The van der Waals surface area contributed by atoms with Gasteiger partial charge >= 0.3 is 7.60 Å². The molecule has 1 aliphatic heterocycles. The summed E-state index contributed by atoms with van der Waals surface area (Å²) in [4.78, 5) is 31.7. The molecule has 0 aromatic carbocycles. The number of aliphatic hydroxyl groups excluding tert-OH is 2. The van der Waals surface area contributed by atoms with E-state index in [0.29, 0.717) is 33.7 Å². The van der Waals surface area contributed by atoms with Crippen LogP contribution in [0.5, 0.6) is 0 Å². The number of aromatic nitrogens is 4. The second-order valence-electron chi connectivity index (χ2n) is 12.4. The van der Waals surface area contributed by atoms with Crippen LogP contribution < -0.4 is 5.32 Å². The Morgan fingerprint density at radius 3 is 2.47 bits per heavy atom. The Balaban J connectivity index is 1.31. The van der Waals surface area contributed by atoms with Gasteiger partial charge < -0.3 is 30.1 Å². The van der Waals surface area contributed by atoms with Crippen molar-refractivity contribution in [3.63, 3.8) is 0 Å². The topological polar surface area (TPSA) is 163 Å². The lowest BCUT2D eigenvalue weighted by Gasteiger charge is -2.65. The molecule has 36 heavy (non-hydrogen) atoms. The van der Waals surface area contributed by atoms with Gasteiger partial charge in [-0.25, -0.2) is 4.98 Å². The minimum absolute atomic E-state index is 0.0278. The maximum absolute atomic E-state index is 11.3. The Hall–Kier alpha value is -1.33. The fraction of sp³-hybridized carbons (Fsp3) is 0.783. The molecule has 0 radical (unpaired) electrons. The Labute approximate surface area is 213 Å². The van der Waals surface area contributed by atoms with Crippen LogP contribution in [-0.2, 0) is 9.30 Å². The molecule has 0 amide bonds. The zero-order chi connectivity index (χ0) is 25.7. The van der Waals surface area contributed by atoms with Crippen LogP contribution in [-0.4, -0.2) is 69.5 Å². The molecule has 4 bridgehead atoms. The molecule has 7 rings (SSSR count). The van der Waals surface area contributed by atoms with Crippen LogP contribution in [0, 0.1) is 16.7 Å². The van der Waals surface area contributed by atoms with Crippen molar-refractivity contribution in [2.24, 2.45) is 16.7 Å². The molecule has 1 saturated heterocycles. The number of nitrogens with zero attached hydrogens (tertiary/aromatic N) is 4. The molecule has 5 N–H and O–H groups in total. The molecule has 4 aliphatic carbocycles. The van der Waals surface area contributed by atoms with Crippen molar-refractivity contribution in [3.05, 3.63) is 11.6 Å². The van der Waals surface area contributed by atoms with Gasteiger partial charge in [0.25, 0.3) is 0 Å². The SMILES string of the molecule is C[C@]12CC3CC(Nc4nc(Cl)nc5c4ncn5[C@@H]4O[C@H](CCP(=O)(O)O)C(O)C4O)(C1)C[C@@](C)(C3)C2. The van der Waals surface area contributed by atoms with Crippen molar-refractivity contribution >= 4 is 36.2 Å². The van der Waals surface area contributed by atoms with E-state index in [1.165, 1.54) is 30.2 Å². The summed E-state index contributed by atoms with van der Waals surface area (Å²) < 4.78 is 18.6. The number of fused-ring (bicyclic) bond motifs is 1. The van der Waals surface area contributed by atoms with E-state index in [2.05, 4.69) is 34.1 Å². The number of nitrogens with one attached hydrogen (secondary N) is 1. The van der Waals surface area contributed by atoms with Gasteiger partial charge in [0.15, 0.2) is 23.2 Å². The Kier molecular flexibility index (Phi) is 5.61. The van der Waals surface area contributed by atoms with E-state index in [4.69, 9.17) is 16.3 Å². The van der Waals surface area contributed by atoms with E-state index in [9.17, 15) is 24.6 Å². The lowest BCUT2D eigenvalue weighted by atomic mass is 9.43. The first-order valence-corrected chi connectivity index (χ1v) is 14.7. The van der Waals surface area contributed by atoms with E-state index in [1.807, 2.05) is 0 Å². The molecule has 5 fully saturated rings. The van der Waals surface area contributed by atoms with Crippen molar-refractivity contribution in [2.45, 2.75) is 88.9 Å². The van der Waals surface area contributed by atoms with Gasteiger partial charge in [-0.2, -0.15) is 9.97 Å². The molecule has 5 aliphatic rings. The van der Waals surface area contributed by atoms with Gasteiger partial charge in [0.05, 0.1) is 18.6 Å². The lowest BCUT2D eigenvalue weighted by molar-refractivity contribution is -0.0973. The van der Waals surface area contributed by atoms with Crippen LogP contribution >= 0.6 is 19.2 Å². The molecule has 4 saturated carbocycles. The minimum atomic E-state index is -4.27. The van der Waals surface area contributed by atoms with Crippen molar-refractivity contribution in [2.75, 3.05) is 11.5 Å². The second kappa shape index (κ2) is 8.09. The van der Waals surface area contributed by atoms with Gasteiger partial charge in [0, 0.05) is 5.54 Å². The predicted molar refractivity (Wildman–Crippen MR) is 132 cm³/mol. The molecular formula is C23H33ClN5O6P. The maximum Gasteiger partial charge on any atom is 0.325 e. The van der Waals surface area contributed by atoms with Crippen molar-refractivity contribution in [1.29, 1.82) is 0 Å². The molecule has 4 unspecified atom stereocenters. The minimum Gasteiger partial charge on any atom is -0.388 e. The van der Waals surface area contributed by atoms with E-state index < -0.39 is 38.3 Å². The third-order valence-electron chi connectivity index (χ3n) is 8.72. The summed E-state index contributed by atoms with van der Waals surface area (Å²) in [5.41, 5.74) is 1.36.